The van der Waals surface area contributed by atoms with Crippen molar-refractivity contribution in [3.8, 4) is 56.1 Å². The largest absolute Gasteiger partial charge is 0.309 e. The van der Waals surface area contributed by atoms with E-state index in [2.05, 4.69) is 346 Å². The lowest BCUT2D eigenvalue weighted by Gasteiger charge is -2.11. The van der Waals surface area contributed by atoms with Crippen LogP contribution in [-0.2, 0) is 0 Å². The van der Waals surface area contributed by atoms with Crippen LogP contribution in [0.1, 0.15) is 0 Å². The summed E-state index contributed by atoms with van der Waals surface area (Å²) < 4.78 is 9.53. The van der Waals surface area contributed by atoms with E-state index in [9.17, 15) is 0 Å². The first kappa shape index (κ1) is 49.2. The number of nitrogens with zero attached hydrogens (tertiary/aromatic N) is 4. The third-order valence-electron chi connectivity index (χ3n) is 17.6. The van der Waals surface area contributed by atoms with E-state index in [0.29, 0.717) is 0 Å². The maximum absolute atomic E-state index is 2.40. The number of benzene rings is 14. The van der Waals surface area contributed by atoms with Gasteiger partial charge in [-0.3, -0.25) is 0 Å². The van der Waals surface area contributed by atoms with Crippen LogP contribution >= 0.6 is 0 Å². The summed E-state index contributed by atoms with van der Waals surface area (Å²) in [4.78, 5) is 0. The number of hydrogen-bond donors (Lipinski definition) is 0. The van der Waals surface area contributed by atoms with Crippen LogP contribution in [0.2, 0.25) is 0 Å². The number of para-hydroxylation sites is 6. The minimum absolute atomic E-state index is 1.17. The van der Waals surface area contributed by atoms with Gasteiger partial charge >= 0.3 is 0 Å². The molecule has 0 bridgehead atoms. The van der Waals surface area contributed by atoms with Crippen molar-refractivity contribution in [3.63, 3.8) is 0 Å². The molecule has 0 radical (unpaired) electrons. The van der Waals surface area contributed by atoms with Crippen molar-refractivity contribution in [2.24, 2.45) is 0 Å². The molecular formula is C82H54N4. The van der Waals surface area contributed by atoms with Gasteiger partial charge in [-0.25, -0.2) is 0 Å². The zero-order valence-electron chi connectivity index (χ0n) is 47.0. The molecule has 0 spiro atoms. The Hall–Kier alpha value is -11.5. The summed E-state index contributed by atoms with van der Waals surface area (Å²) in [6.45, 7) is 0. The molecule has 18 aromatic rings. The van der Waals surface area contributed by atoms with Crippen LogP contribution in [0.5, 0.6) is 0 Å². The predicted molar refractivity (Wildman–Crippen MR) is 364 cm³/mol. The summed E-state index contributed by atoms with van der Waals surface area (Å²) in [5.41, 5.74) is 21.8. The van der Waals surface area contributed by atoms with Crippen LogP contribution < -0.4 is 0 Å². The third-order valence-corrected chi connectivity index (χ3v) is 17.6. The Labute approximate surface area is 497 Å². The average molecular weight is 1100 g/mol. The summed E-state index contributed by atoms with van der Waals surface area (Å²) >= 11 is 0. The fourth-order valence-corrected chi connectivity index (χ4v) is 13.6. The van der Waals surface area contributed by atoms with Crippen molar-refractivity contribution in [2.45, 2.75) is 0 Å². The standard InChI is InChI=1S/C42H28N2.C40H26N2/c1-2-11-29(12-3-1)31-13-10-14-34(27-31)44-41-20-9-6-17-37(41)38-28-32(23-26-42(38)44)30-21-24-33(25-22-30)43-39-18-7-4-15-35(39)36-16-5-8-19-40(36)43;1-2-10-29-25-32(23-19-27(29)9-1)42-39-16-8-5-13-35(39)36-26-30(20-24-40(36)42)28-17-21-31(22-18-28)41-37-14-6-3-11-33(37)34-12-4-7-15-38(34)41/h1-28H;1-26H. The summed E-state index contributed by atoms with van der Waals surface area (Å²) in [5, 5.41) is 12.7. The molecule has 0 aliphatic carbocycles. The number of rotatable bonds is 7. The normalized spacial score (nSPS) is 11.7. The van der Waals surface area contributed by atoms with Gasteiger partial charge in [0.05, 0.1) is 44.1 Å². The van der Waals surface area contributed by atoms with Gasteiger partial charge < -0.3 is 18.3 Å². The van der Waals surface area contributed by atoms with Gasteiger partial charge in [0, 0.05) is 65.8 Å². The van der Waals surface area contributed by atoms with E-state index in [1.54, 1.807) is 0 Å². The van der Waals surface area contributed by atoms with Crippen molar-refractivity contribution < 1.29 is 0 Å². The molecular weight excluding hydrogens is 1040 g/mol. The SMILES string of the molecule is c1ccc(-c2cccc(-n3c4ccccc4c4cc(-c5ccc(-n6c7ccccc7c7ccccc76)cc5)ccc43)c2)cc1.c1ccc2cc(-n3c4ccccc4c4cc(-c5ccc(-n6c7ccccc7c7ccccc76)cc5)ccc43)ccc2c1. The highest BCUT2D eigenvalue weighted by atomic mass is 15.0. The molecule has 402 valence electrons. The highest BCUT2D eigenvalue weighted by molar-refractivity contribution is 6.13. The molecule has 0 atom stereocenters. The van der Waals surface area contributed by atoms with Crippen molar-refractivity contribution in [1.29, 1.82) is 0 Å². The Bertz CT molecular complexity index is 5530. The molecule has 0 aliphatic rings. The molecule has 0 N–H and O–H groups in total. The van der Waals surface area contributed by atoms with Crippen LogP contribution in [0.15, 0.2) is 328 Å². The van der Waals surface area contributed by atoms with Crippen LogP contribution in [0, 0.1) is 0 Å². The third kappa shape index (κ3) is 8.07. The van der Waals surface area contributed by atoms with Gasteiger partial charge in [-0.15, -0.1) is 0 Å². The van der Waals surface area contributed by atoms with Gasteiger partial charge in [0.25, 0.3) is 0 Å². The molecule has 0 fully saturated rings. The minimum Gasteiger partial charge on any atom is -0.309 e. The molecule has 4 aromatic heterocycles. The van der Waals surface area contributed by atoms with E-state index >= 15 is 0 Å². The van der Waals surface area contributed by atoms with Gasteiger partial charge in [-0.05, 0) is 153 Å². The molecule has 4 nitrogen and oxygen atoms in total. The summed E-state index contributed by atoms with van der Waals surface area (Å²) in [5.74, 6) is 0. The molecule has 4 heterocycles. The summed E-state index contributed by atoms with van der Waals surface area (Å²) in [6.07, 6.45) is 0. The number of aromatic nitrogens is 4. The van der Waals surface area contributed by atoms with Gasteiger partial charge in [0.1, 0.15) is 0 Å². The Morgan fingerprint density at radius 3 is 0.872 bits per heavy atom. The molecule has 18 rings (SSSR count). The zero-order valence-corrected chi connectivity index (χ0v) is 47.0. The second kappa shape index (κ2) is 20.2. The van der Waals surface area contributed by atoms with Gasteiger partial charge in [-0.1, -0.05) is 218 Å². The molecule has 0 saturated carbocycles. The van der Waals surface area contributed by atoms with E-state index in [0.717, 1.165) is 0 Å². The minimum atomic E-state index is 1.17. The highest BCUT2D eigenvalue weighted by Gasteiger charge is 2.18. The van der Waals surface area contributed by atoms with Gasteiger partial charge in [-0.2, -0.15) is 0 Å². The van der Waals surface area contributed by atoms with E-state index < -0.39 is 0 Å². The first-order valence-electron chi connectivity index (χ1n) is 29.6. The molecule has 0 unspecified atom stereocenters. The van der Waals surface area contributed by atoms with Crippen molar-refractivity contribution in [3.05, 3.63) is 328 Å². The lowest BCUT2D eigenvalue weighted by Crippen LogP contribution is -1.94. The van der Waals surface area contributed by atoms with E-state index in [4.69, 9.17) is 0 Å². The monoisotopic (exact) mass is 1090 g/mol. The maximum atomic E-state index is 2.40. The van der Waals surface area contributed by atoms with E-state index in [1.807, 2.05) is 0 Å². The second-order valence-electron chi connectivity index (χ2n) is 22.4. The smallest absolute Gasteiger partial charge is 0.0541 e. The zero-order chi connectivity index (χ0) is 56.7. The first-order chi connectivity index (χ1) is 42.7. The van der Waals surface area contributed by atoms with Crippen molar-refractivity contribution in [1.82, 2.24) is 18.3 Å². The Morgan fingerprint density at radius 1 is 0.140 bits per heavy atom. The molecule has 0 aliphatic heterocycles. The van der Waals surface area contributed by atoms with Gasteiger partial charge in [0.15, 0.2) is 0 Å². The topological polar surface area (TPSA) is 19.7 Å². The number of hydrogen-bond acceptors (Lipinski definition) is 0. The maximum Gasteiger partial charge on any atom is 0.0541 e. The molecule has 14 aromatic carbocycles. The lowest BCUT2D eigenvalue weighted by molar-refractivity contribution is 1.18. The predicted octanol–water partition coefficient (Wildman–Crippen LogP) is 21.9. The van der Waals surface area contributed by atoms with E-state index in [1.165, 1.54) is 154 Å². The molecule has 0 saturated heterocycles. The van der Waals surface area contributed by atoms with Crippen LogP contribution in [0.4, 0.5) is 0 Å². The lowest BCUT2D eigenvalue weighted by atomic mass is 10.0. The van der Waals surface area contributed by atoms with Crippen LogP contribution in [0.3, 0.4) is 0 Å². The van der Waals surface area contributed by atoms with E-state index in [-0.39, 0.29) is 0 Å². The van der Waals surface area contributed by atoms with Crippen LogP contribution in [0.25, 0.3) is 154 Å². The second-order valence-corrected chi connectivity index (χ2v) is 22.4. The Morgan fingerprint density at radius 2 is 0.430 bits per heavy atom. The Kier molecular flexibility index (Phi) is 11.5. The van der Waals surface area contributed by atoms with Crippen LogP contribution in [-0.4, -0.2) is 18.3 Å². The average Bonchev–Trinajstić information content (AvgIpc) is 2.84. The first-order valence-corrected chi connectivity index (χ1v) is 29.6. The van der Waals surface area contributed by atoms with Crippen molar-refractivity contribution in [2.75, 3.05) is 0 Å². The van der Waals surface area contributed by atoms with Crippen molar-refractivity contribution >= 4 is 98.0 Å². The fourth-order valence-electron chi connectivity index (χ4n) is 13.6. The van der Waals surface area contributed by atoms with Gasteiger partial charge in [0.2, 0.25) is 0 Å². The summed E-state index contributed by atoms with van der Waals surface area (Å²) in [7, 11) is 0. The highest BCUT2D eigenvalue weighted by Crippen LogP contribution is 2.40. The quantitative estimate of drug-likeness (QED) is 0.152. The molecule has 86 heavy (non-hydrogen) atoms. The fraction of sp³-hybridized carbons (Fsp3) is 0. The molecule has 0 amide bonds. The Balaban J connectivity index is 0.000000135. The number of fused-ring (bicyclic) bond motifs is 13. The molecule has 4 heteroatoms. The summed E-state index contributed by atoms with van der Waals surface area (Å²) in [6, 6.07) is 119.